The molecule has 0 aliphatic heterocycles. The highest BCUT2D eigenvalue weighted by Gasteiger charge is 2.17. The third-order valence-corrected chi connectivity index (χ3v) is 2.75. The average Bonchev–Trinajstić information content (AvgIpc) is 2.43. The van der Waals surface area contributed by atoms with Crippen molar-refractivity contribution in [2.24, 2.45) is 0 Å². The number of hydrogen-bond donors (Lipinski definition) is 2. The van der Waals surface area contributed by atoms with Crippen molar-refractivity contribution in [1.82, 2.24) is 10.2 Å². The van der Waals surface area contributed by atoms with Crippen LogP contribution in [0.3, 0.4) is 0 Å². The lowest BCUT2D eigenvalue weighted by Gasteiger charge is -2.18. The van der Waals surface area contributed by atoms with Gasteiger partial charge in [0.2, 0.25) is 5.91 Å². The topological polar surface area (TPSA) is 84.7 Å². The van der Waals surface area contributed by atoms with E-state index in [-0.39, 0.29) is 18.2 Å². The lowest BCUT2D eigenvalue weighted by atomic mass is 10.1. The molecule has 0 unspecified atom stereocenters. The van der Waals surface area contributed by atoms with E-state index in [1.54, 1.807) is 32.3 Å². The Balaban J connectivity index is 2.81. The Bertz CT molecular complexity index is 474. The third-order valence-electron chi connectivity index (χ3n) is 2.75. The standard InChI is InChI=1S/C13H19N3O3/c1-15-12(17)6-7-16(2)13(18)10-8-9(14)4-5-11(10)19-3/h4-5,8H,6-7,14H2,1-3H3,(H,15,17). The van der Waals surface area contributed by atoms with E-state index in [0.29, 0.717) is 23.5 Å². The monoisotopic (exact) mass is 265 g/mol. The first-order chi connectivity index (χ1) is 8.99. The smallest absolute Gasteiger partial charge is 0.257 e. The highest BCUT2D eigenvalue weighted by molar-refractivity contribution is 5.97. The van der Waals surface area contributed by atoms with Crippen LogP contribution in [0.25, 0.3) is 0 Å². The minimum absolute atomic E-state index is 0.112. The van der Waals surface area contributed by atoms with Crippen LogP contribution in [0.4, 0.5) is 5.69 Å². The zero-order valence-electron chi connectivity index (χ0n) is 11.4. The van der Waals surface area contributed by atoms with Crippen LogP contribution < -0.4 is 15.8 Å². The van der Waals surface area contributed by atoms with E-state index in [1.807, 2.05) is 0 Å². The van der Waals surface area contributed by atoms with Gasteiger partial charge in [-0.1, -0.05) is 0 Å². The molecule has 0 saturated carbocycles. The molecule has 0 saturated heterocycles. The molecule has 104 valence electrons. The van der Waals surface area contributed by atoms with Crippen molar-refractivity contribution in [1.29, 1.82) is 0 Å². The maximum absolute atomic E-state index is 12.2. The Kier molecular flexibility index (Phi) is 5.17. The second-order valence-corrected chi connectivity index (χ2v) is 4.11. The van der Waals surface area contributed by atoms with Gasteiger partial charge in [0, 0.05) is 32.7 Å². The van der Waals surface area contributed by atoms with Crippen LogP contribution in [0.2, 0.25) is 0 Å². The second kappa shape index (κ2) is 6.63. The van der Waals surface area contributed by atoms with Crippen molar-refractivity contribution in [3.8, 4) is 5.75 Å². The molecule has 1 rings (SSSR count). The molecule has 0 radical (unpaired) electrons. The molecule has 0 aromatic heterocycles. The number of carbonyl (C=O) groups is 2. The zero-order valence-corrected chi connectivity index (χ0v) is 11.4. The maximum Gasteiger partial charge on any atom is 0.257 e. The van der Waals surface area contributed by atoms with E-state index in [9.17, 15) is 9.59 Å². The fraction of sp³-hybridized carbons (Fsp3) is 0.385. The van der Waals surface area contributed by atoms with Crippen molar-refractivity contribution in [2.45, 2.75) is 6.42 Å². The predicted molar refractivity (Wildman–Crippen MR) is 73.1 cm³/mol. The molecule has 2 amide bonds. The fourth-order valence-corrected chi connectivity index (χ4v) is 1.59. The predicted octanol–water partition coefficient (Wildman–Crippen LogP) is 0.486. The number of methoxy groups -OCH3 is 1. The second-order valence-electron chi connectivity index (χ2n) is 4.11. The molecular weight excluding hydrogens is 246 g/mol. The Morgan fingerprint density at radius 3 is 2.68 bits per heavy atom. The minimum atomic E-state index is -0.229. The van der Waals surface area contributed by atoms with Crippen LogP contribution in [-0.4, -0.2) is 44.5 Å². The molecule has 19 heavy (non-hydrogen) atoms. The van der Waals surface area contributed by atoms with Crippen molar-refractivity contribution in [3.05, 3.63) is 23.8 Å². The fourth-order valence-electron chi connectivity index (χ4n) is 1.59. The van der Waals surface area contributed by atoms with Gasteiger partial charge in [-0.15, -0.1) is 0 Å². The number of nitrogens with zero attached hydrogens (tertiary/aromatic N) is 1. The van der Waals surface area contributed by atoms with E-state index in [2.05, 4.69) is 5.32 Å². The molecule has 1 aromatic carbocycles. The molecular formula is C13H19N3O3. The number of anilines is 1. The van der Waals surface area contributed by atoms with Gasteiger partial charge in [-0.2, -0.15) is 0 Å². The minimum Gasteiger partial charge on any atom is -0.496 e. The van der Waals surface area contributed by atoms with Gasteiger partial charge in [-0.25, -0.2) is 0 Å². The van der Waals surface area contributed by atoms with Crippen molar-refractivity contribution < 1.29 is 14.3 Å². The summed E-state index contributed by atoms with van der Waals surface area (Å²) in [7, 11) is 4.69. The summed E-state index contributed by atoms with van der Waals surface area (Å²) >= 11 is 0. The highest BCUT2D eigenvalue weighted by atomic mass is 16.5. The average molecular weight is 265 g/mol. The lowest BCUT2D eigenvalue weighted by Crippen LogP contribution is -2.31. The zero-order chi connectivity index (χ0) is 14.4. The molecule has 0 atom stereocenters. The van der Waals surface area contributed by atoms with E-state index in [4.69, 9.17) is 10.5 Å². The normalized spacial score (nSPS) is 9.84. The molecule has 0 bridgehead atoms. The quantitative estimate of drug-likeness (QED) is 0.759. The Morgan fingerprint density at radius 2 is 2.11 bits per heavy atom. The molecule has 0 spiro atoms. The molecule has 1 aromatic rings. The Labute approximate surface area is 112 Å². The van der Waals surface area contributed by atoms with Crippen LogP contribution in [0.5, 0.6) is 5.75 Å². The van der Waals surface area contributed by atoms with Gasteiger partial charge in [-0.3, -0.25) is 9.59 Å². The molecule has 6 nitrogen and oxygen atoms in total. The van der Waals surface area contributed by atoms with Crippen LogP contribution in [0.15, 0.2) is 18.2 Å². The first-order valence-electron chi connectivity index (χ1n) is 5.89. The summed E-state index contributed by atoms with van der Waals surface area (Å²) in [6.45, 7) is 0.330. The molecule has 0 heterocycles. The summed E-state index contributed by atoms with van der Waals surface area (Å²) in [4.78, 5) is 24.9. The van der Waals surface area contributed by atoms with E-state index in [0.717, 1.165) is 0 Å². The van der Waals surface area contributed by atoms with Gasteiger partial charge in [0.1, 0.15) is 5.75 Å². The first-order valence-corrected chi connectivity index (χ1v) is 5.89. The van der Waals surface area contributed by atoms with Crippen molar-refractivity contribution in [3.63, 3.8) is 0 Å². The number of ether oxygens (including phenoxy) is 1. The number of amides is 2. The number of hydrogen-bond acceptors (Lipinski definition) is 4. The van der Waals surface area contributed by atoms with E-state index < -0.39 is 0 Å². The molecule has 3 N–H and O–H groups in total. The van der Waals surface area contributed by atoms with Gasteiger partial charge in [0.05, 0.1) is 12.7 Å². The number of nitrogens with two attached hydrogens (primary N) is 1. The number of rotatable bonds is 5. The summed E-state index contributed by atoms with van der Waals surface area (Å²) in [6.07, 6.45) is 0.253. The maximum atomic E-state index is 12.2. The van der Waals surface area contributed by atoms with Gasteiger partial charge in [0.15, 0.2) is 0 Å². The number of nitrogens with one attached hydrogen (secondary N) is 1. The third kappa shape index (κ3) is 3.87. The molecule has 0 aliphatic carbocycles. The number of nitrogen functional groups attached to an aromatic ring is 1. The lowest BCUT2D eigenvalue weighted by molar-refractivity contribution is -0.120. The summed E-state index contributed by atoms with van der Waals surface area (Å²) < 4.78 is 5.14. The van der Waals surface area contributed by atoms with Crippen LogP contribution in [-0.2, 0) is 4.79 Å². The Hall–Kier alpha value is -2.24. The summed E-state index contributed by atoms with van der Waals surface area (Å²) in [6, 6.07) is 4.88. The van der Waals surface area contributed by atoms with Crippen LogP contribution in [0.1, 0.15) is 16.8 Å². The molecule has 6 heteroatoms. The van der Waals surface area contributed by atoms with Crippen LogP contribution >= 0.6 is 0 Å². The largest absolute Gasteiger partial charge is 0.496 e. The first kappa shape index (κ1) is 14.8. The molecule has 0 aliphatic rings. The Morgan fingerprint density at radius 1 is 1.42 bits per heavy atom. The van der Waals surface area contributed by atoms with E-state index >= 15 is 0 Å². The number of carbonyl (C=O) groups excluding carboxylic acids is 2. The summed E-state index contributed by atoms with van der Waals surface area (Å²) in [5, 5.41) is 2.51. The van der Waals surface area contributed by atoms with Gasteiger partial charge in [-0.05, 0) is 18.2 Å². The highest BCUT2D eigenvalue weighted by Crippen LogP contribution is 2.22. The summed E-state index contributed by atoms with van der Waals surface area (Å²) in [5.41, 5.74) is 6.55. The van der Waals surface area contributed by atoms with Gasteiger partial charge < -0.3 is 20.7 Å². The number of benzene rings is 1. The van der Waals surface area contributed by atoms with Crippen LogP contribution in [0, 0.1) is 0 Å². The molecule has 0 fully saturated rings. The van der Waals surface area contributed by atoms with Gasteiger partial charge in [0.25, 0.3) is 5.91 Å². The van der Waals surface area contributed by atoms with Crippen molar-refractivity contribution >= 4 is 17.5 Å². The van der Waals surface area contributed by atoms with Gasteiger partial charge >= 0.3 is 0 Å². The SMILES string of the molecule is CNC(=O)CCN(C)C(=O)c1cc(N)ccc1OC. The summed E-state index contributed by atoms with van der Waals surface area (Å²) in [5.74, 6) is 0.123. The van der Waals surface area contributed by atoms with Crippen molar-refractivity contribution in [2.75, 3.05) is 33.5 Å². The van der Waals surface area contributed by atoms with E-state index in [1.165, 1.54) is 12.0 Å².